The number of para-hydroxylation sites is 1. The van der Waals surface area contributed by atoms with E-state index in [0.717, 1.165) is 0 Å². The Morgan fingerprint density at radius 2 is 1.93 bits per heavy atom. The molecule has 2 nitrogen and oxygen atoms in total. The van der Waals surface area contributed by atoms with Crippen molar-refractivity contribution in [2.75, 3.05) is 7.11 Å². The molecular formula is C13H18O2. The Bertz CT molecular complexity index is 327. The lowest BCUT2D eigenvalue weighted by Crippen LogP contribution is -2.06. The van der Waals surface area contributed by atoms with Gasteiger partial charge in [-0.2, -0.15) is 0 Å². The van der Waals surface area contributed by atoms with Crippen molar-refractivity contribution in [1.82, 2.24) is 0 Å². The molecular weight excluding hydrogens is 188 g/mol. The molecule has 0 aliphatic heterocycles. The van der Waals surface area contributed by atoms with Crippen LogP contribution in [0.2, 0.25) is 0 Å². The quantitative estimate of drug-likeness (QED) is 0.803. The summed E-state index contributed by atoms with van der Waals surface area (Å²) in [5, 5.41) is 9.70. The van der Waals surface area contributed by atoms with E-state index in [-0.39, 0.29) is 5.75 Å². The van der Waals surface area contributed by atoms with E-state index in [1.165, 1.54) is 37.7 Å². The van der Waals surface area contributed by atoms with Gasteiger partial charge in [0.2, 0.25) is 0 Å². The zero-order valence-electron chi connectivity index (χ0n) is 9.20. The van der Waals surface area contributed by atoms with E-state index >= 15 is 0 Å². The predicted molar refractivity (Wildman–Crippen MR) is 60.5 cm³/mol. The summed E-state index contributed by atoms with van der Waals surface area (Å²) in [6.45, 7) is 0. The maximum absolute atomic E-state index is 9.70. The molecule has 0 aromatic heterocycles. The SMILES string of the molecule is COc1c(O)cccc1C1CCCCC1. The fourth-order valence-electron chi connectivity index (χ4n) is 2.50. The highest BCUT2D eigenvalue weighted by molar-refractivity contribution is 5.47. The summed E-state index contributed by atoms with van der Waals surface area (Å²) in [6.07, 6.45) is 6.38. The van der Waals surface area contributed by atoms with Crippen LogP contribution in [-0.4, -0.2) is 12.2 Å². The molecule has 82 valence electrons. The second kappa shape index (κ2) is 4.56. The van der Waals surface area contributed by atoms with Gasteiger partial charge in [0.15, 0.2) is 11.5 Å². The lowest BCUT2D eigenvalue weighted by Gasteiger charge is -2.23. The van der Waals surface area contributed by atoms with E-state index in [4.69, 9.17) is 4.74 Å². The van der Waals surface area contributed by atoms with Crippen molar-refractivity contribution >= 4 is 0 Å². The molecule has 0 saturated heterocycles. The highest BCUT2D eigenvalue weighted by Crippen LogP contribution is 2.40. The molecule has 1 aliphatic rings. The number of benzene rings is 1. The third kappa shape index (κ3) is 2.09. The summed E-state index contributed by atoms with van der Waals surface area (Å²) in [5.74, 6) is 1.51. The first-order valence-electron chi connectivity index (χ1n) is 5.69. The van der Waals surface area contributed by atoms with E-state index in [2.05, 4.69) is 6.07 Å². The van der Waals surface area contributed by atoms with Gasteiger partial charge in [-0.15, -0.1) is 0 Å². The average molecular weight is 206 g/mol. The number of methoxy groups -OCH3 is 1. The molecule has 15 heavy (non-hydrogen) atoms. The molecule has 1 aliphatic carbocycles. The van der Waals surface area contributed by atoms with E-state index in [1.54, 1.807) is 13.2 Å². The van der Waals surface area contributed by atoms with Crippen LogP contribution in [0, 0.1) is 0 Å². The second-order valence-electron chi connectivity index (χ2n) is 4.23. The second-order valence-corrected chi connectivity index (χ2v) is 4.23. The van der Waals surface area contributed by atoms with Crippen LogP contribution in [0.15, 0.2) is 18.2 Å². The average Bonchev–Trinajstić information content (AvgIpc) is 2.30. The van der Waals surface area contributed by atoms with Gasteiger partial charge in [-0.1, -0.05) is 31.4 Å². The lowest BCUT2D eigenvalue weighted by molar-refractivity contribution is 0.356. The summed E-state index contributed by atoms with van der Waals surface area (Å²) < 4.78 is 5.28. The smallest absolute Gasteiger partial charge is 0.163 e. The Balaban J connectivity index is 2.29. The van der Waals surface area contributed by atoms with E-state index < -0.39 is 0 Å². The minimum Gasteiger partial charge on any atom is -0.504 e. The molecule has 1 saturated carbocycles. The lowest BCUT2D eigenvalue weighted by atomic mass is 9.83. The molecule has 0 bridgehead atoms. The summed E-state index contributed by atoms with van der Waals surface area (Å²) in [5.41, 5.74) is 1.18. The summed E-state index contributed by atoms with van der Waals surface area (Å²) in [7, 11) is 1.63. The van der Waals surface area contributed by atoms with E-state index in [1.807, 2.05) is 6.07 Å². The minimum absolute atomic E-state index is 0.264. The Labute approximate surface area is 90.9 Å². The monoisotopic (exact) mass is 206 g/mol. The van der Waals surface area contributed by atoms with Gasteiger partial charge < -0.3 is 9.84 Å². The Morgan fingerprint density at radius 3 is 2.60 bits per heavy atom. The van der Waals surface area contributed by atoms with Crippen LogP contribution < -0.4 is 4.74 Å². The van der Waals surface area contributed by atoms with Crippen molar-refractivity contribution in [2.24, 2.45) is 0 Å². The van der Waals surface area contributed by atoms with Crippen LogP contribution >= 0.6 is 0 Å². The zero-order chi connectivity index (χ0) is 10.7. The molecule has 0 radical (unpaired) electrons. The molecule has 0 atom stereocenters. The largest absolute Gasteiger partial charge is 0.504 e. The van der Waals surface area contributed by atoms with Crippen molar-refractivity contribution in [1.29, 1.82) is 0 Å². The van der Waals surface area contributed by atoms with Gasteiger partial charge in [0, 0.05) is 5.56 Å². The van der Waals surface area contributed by atoms with Crippen LogP contribution in [-0.2, 0) is 0 Å². The molecule has 1 fully saturated rings. The maximum atomic E-state index is 9.70. The first-order chi connectivity index (χ1) is 7.33. The molecule has 0 heterocycles. The Hall–Kier alpha value is -1.18. The predicted octanol–water partition coefficient (Wildman–Crippen LogP) is 3.45. The molecule has 0 amide bonds. The topological polar surface area (TPSA) is 29.5 Å². The first kappa shape index (κ1) is 10.3. The number of aromatic hydroxyl groups is 1. The normalized spacial score (nSPS) is 17.7. The Kier molecular flexibility index (Phi) is 3.14. The van der Waals surface area contributed by atoms with Gasteiger partial charge in [0.05, 0.1) is 7.11 Å². The van der Waals surface area contributed by atoms with Gasteiger partial charge >= 0.3 is 0 Å². The van der Waals surface area contributed by atoms with Crippen LogP contribution in [0.4, 0.5) is 0 Å². The third-order valence-corrected chi connectivity index (χ3v) is 3.27. The summed E-state index contributed by atoms with van der Waals surface area (Å²) in [6, 6.07) is 5.67. The molecule has 1 N–H and O–H groups in total. The molecule has 1 aromatic carbocycles. The number of rotatable bonds is 2. The molecule has 0 spiro atoms. The van der Waals surface area contributed by atoms with Crippen molar-refractivity contribution < 1.29 is 9.84 Å². The molecule has 2 heteroatoms. The third-order valence-electron chi connectivity index (χ3n) is 3.27. The van der Waals surface area contributed by atoms with Gasteiger partial charge in [0.1, 0.15) is 0 Å². The van der Waals surface area contributed by atoms with Crippen molar-refractivity contribution in [3.63, 3.8) is 0 Å². The van der Waals surface area contributed by atoms with Crippen LogP contribution in [0.1, 0.15) is 43.6 Å². The molecule has 0 unspecified atom stereocenters. The number of ether oxygens (including phenoxy) is 1. The highest BCUT2D eigenvalue weighted by Gasteiger charge is 2.20. The van der Waals surface area contributed by atoms with Crippen LogP contribution in [0.5, 0.6) is 11.5 Å². The fraction of sp³-hybridized carbons (Fsp3) is 0.538. The summed E-state index contributed by atoms with van der Waals surface area (Å²) >= 11 is 0. The molecule has 1 aromatic rings. The standard InChI is InChI=1S/C13H18O2/c1-15-13-11(8-5-9-12(13)14)10-6-3-2-4-7-10/h5,8-10,14H,2-4,6-7H2,1H3. The zero-order valence-corrected chi connectivity index (χ0v) is 9.20. The van der Waals surface area contributed by atoms with Crippen LogP contribution in [0.25, 0.3) is 0 Å². The number of hydrogen-bond acceptors (Lipinski definition) is 2. The highest BCUT2D eigenvalue weighted by atomic mass is 16.5. The van der Waals surface area contributed by atoms with Gasteiger partial charge in [-0.05, 0) is 24.8 Å². The van der Waals surface area contributed by atoms with Gasteiger partial charge in [-0.25, -0.2) is 0 Å². The van der Waals surface area contributed by atoms with E-state index in [9.17, 15) is 5.11 Å². The van der Waals surface area contributed by atoms with Crippen molar-refractivity contribution in [2.45, 2.75) is 38.0 Å². The number of phenols is 1. The Morgan fingerprint density at radius 1 is 1.20 bits per heavy atom. The number of phenolic OH excluding ortho intramolecular Hbond substituents is 1. The fourth-order valence-corrected chi connectivity index (χ4v) is 2.50. The van der Waals surface area contributed by atoms with Gasteiger partial charge in [-0.3, -0.25) is 0 Å². The van der Waals surface area contributed by atoms with Crippen molar-refractivity contribution in [3.8, 4) is 11.5 Å². The van der Waals surface area contributed by atoms with Gasteiger partial charge in [0.25, 0.3) is 0 Å². The molecule has 2 rings (SSSR count). The van der Waals surface area contributed by atoms with Crippen molar-refractivity contribution in [3.05, 3.63) is 23.8 Å². The van der Waals surface area contributed by atoms with E-state index in [0.29, 0.717) is 11.7 Å². The first-order valence-corrected chi connectivity index (χ1v) is 5.69. The minimum atomic E-state index is 0.264. The number of hydrogen-bond donors (Lipinski definition) is 1. The summed E-state index contributed by atoms with van der Waals surface area (Å²) in [4.78, 5) is 0. The maximum Gasteiger partial charge on any atom is 0.163 e. The van der Waals surface area contributed by atoms with Crippen LogP contribution in [0.3, 0.4) is 0 Å².